The highest BCUT2D eigenvalue weighted by Crippen LogP contribution is 2.32. The second-order valence-corrected chi connectivity index (χ2v) is 5.22. The summed E-state index contributed by atoms with van der Waals surface area (Å²) in [5.41, 5.74) is 4.97. The molecule has 88 valence electrons. The van der Waals surface area contributed by atoms with Crippen LogP contribution in [0.25, 0.3) is 6.08 Å². The molecule has 1 aliphatic rings. The Kier molecular flexibility index (Phi) is 3.30. The topological polar surface area (TPSA) is 80.5 Å². The van der Waals surface area contributed by atoms with E-state index in [1.807, 2.05) is 17.5 Å². The minimum absolute atomic E-state index is 0.318. The summed E-state index contributed by atoms with van der Waals surface area (Å²) in [6, 6.07) is 3.69. The highest BCUT2D eigenvalue weighted by molar-refractivity contribution is 8.18. The van der Waals surface area contributed by atoms with Crippen LogP contribution in [0.2, 0.25) is 0 Å². The number of nitrogens with two attached hydrogens (primary N) is 1. The summed E-state index contributed by atoms with van der Waals surface area (Å²) in [5.74, 6) is -1.17. The summed E-state index contributed by atoms with van der Waals surface area (Å²) in [5, 5.41) is 1.41. The molecule has 0 bridgehead atoms. The number of carbonyl (C=O) groups is 3. The largest absolute Gasteiger partial charge is 0.368 e. The standard InChI is InChI=1S/C10H8N2O3S2/c11-8(13)5-12-9(14)7(17-10(12)15)4-6-2-1-3-16-6/h1-4H,5H2,(H2,11,13)/b7-4-. The van der Waals surface area contributed by atoms with E-state index < -0.39 is 17.1 Å². The van der Waals surface area contributed by atoms with Gasteiger partial charge in [-0.1, -0.05) is 6.07 Å². The molecular weight excluding hydrogens is 260 g/mol. The predicted molar refractivity (Wildman–Crippen MR) is 66.2 cm³/mol. The van der Waals surface area contributed by atoms with Crippen LogP contribution in [-0.4, -0.2) is 28.5 Å². The van der Waals surface area contributed by atoms with E-state index in [0.717, 1.165) is 21.5 Å². The van der Waals surface area contributed by atoms with Crippen molar-refractivity contribution < 1.29 is 14.4 Å². The SMILES string of the molecule is NC(=O)CN1C(=O)S/C(=C\c2cccs2)C1=O. The van der Waals surface area contributed by atoms with Crippen molar-refractivity contribution in [2.75, 3.05) is 6.54 Å². The van der Waals surface area contributed by atoms with Crippen LogP contribution >= 0.6 is 23.1 Å². The van der Waals surface area contributed by atoms with E-state index in [-0.39, 0.29) is 6.54 Å². The van der Waals surface area contributed by atoms with Crippen LogP contribution < -0.4 is 5.73 Å². The third kappa shape index (κ3) is 2.56. The van der Waals surface area contributed by atoms with Crippen LogP contribution in [0.4, 0.5) is 4.79 Å². The number of hydrogen-bond donors (Lipinski definition) is 1. The van der Waals surface area contributed by atoms with Gasteiger partial charge in [-0.15, -0.1) is 11.3 Å². The average Bonchev–Trinajstić information content (AvgIpc) is 2.83. The molecule has 0 aliphatic carbocycles. The summed E-state index contributed by atoms with van der Waals surface area (Å²) in [4.78, 5) is 36.0. The Morgan fingerprint density at radius 2 is 2.24 bits per heavy atom. The Bertz CT molecular complexity index is 508. The molecule has 0 spiro atoms. The van der Waals surface area contributed by atoms with Crippen molar-refractivity contribution in [2.45, 2.75) is 0 Å². The molecule has 3 amide bonds. The Morgan fingerprint density at radius 1 is 1.47 bits per heavy atom. The highest BCUT2D eigenvalue weighted by atomic mass is 32.2. The normalized spacial score (nSPS) is 18.1. The van der Waals surface area contributed by atoms with Crippen molar-refractivity contribution in [1.29, 1.82) is 0 Å². The van der Waals surface area contributed by atoms with Gasteiger partial charge >= 0.3 is 0 Å². The van der Waals surface area contributed by atoms with Gasteiger partial charge in [-0.25, -0.2) is 0 Å². The second-order valence-electron chi connectivity index (χ2n) is 3.25. The molecule has 1 aromatic rings. The number of rotatable bonds is 3. The Labute approximate surface area is 105 Å². The van der Waals surface area contributed by atoms with E-state index in [1.165, 1.54) is 11.3 Å². The molecule has 7 heteroatoms. The first-order valence-electron chi connectivity index (χ1n) is 4.65. The molecule has 2 N–H and O–H groups in total. The van der Waals surface area contributed by atoms with Crippen molar-refractivity contribution in [2.24, 2.45) is 5.73 Å². The highest BCUT2D eigenvalue weighted by Gasteiger charge is 2.35. The average molecular weight is 268 g/mol. The summed E-state index contributed by atoms with van der Waals surface area (Å²) < 4.78 is 0. The minimum atomic E-state index is -0.704. The van der Waals surface area contributed by atoms with Gasteiger partial charge in [0.05, 0.1) is 4.91 Å². The number of nitrogens with zero attached hydrogens (tertiary/aromatic N) is 1. The lowest BCUT2D eigenvalue weighted by molar-refractivity contribution is -0.127. The third-order valence-corrected chi connectivity index (χ3v) is 3.73. The van der Waals surface area contributed by atoms with E-state index in [1.54, 1.807) is 6.08 Å². The smallest absolute Gasteiger partial charge is 0.294 e. The maximum atomic E-state index is 11.8. The van der Waals surface area contributed by atoms with Crippen LogP contribution in [0, 0.1) is 0 Å². The second kappa shape index (κ2) is 4.72. The first kappa shape index (κ1) is 11.9. The van der Waals surface area contributed by atoms with Gasteiger partial charge < -0.3 is 5.73 Å². The van der Waals surface area contributed by atoms with Crippen LogP contribution in [-0.2, 0) is 9.59 Å². The molecule has 0 atom stereocenters. The van der Waals surface area contributed by atoms with E-state index in [2.05, 4.69) is 0 Å². The third-order valence-electron chi connectivity index (χ3n) is 2.00. The van der Waals surface area contributed by atoms with Crippen molar-refractivity contribution in [3.63, 3.8) is 0 Å². The van der Waals surface area contributed by atoms with Gasteiger partial charge in [-0.3, -0.25) is 19.3 Å². The van der Waals surface area contributed by atoms with Gasteiger partial charge in [0.15, 0.2) is 0 Å². The summed E-state index contributed by atoms with van der Waals surface area (Å²) in [6.45, 7) is -0.369. The first-order valence-corrected chi connectivity index (χ1v) is 6.34. The van der Waals surface area contributed by atoms with Crippen molar-refractivity contribution >= 4 is 46.2 Å². The molecule has 1 saturated heterocycles. The van der Waals surface area contributed by atoms with E-state index >= 15 is 0 Å². The number of thioether (sulfide) groups is 1. The Morgan fingerprint density at radius 3 is 2.82 bits per heavy atom. The fourth-order valence-corrected chi connectivity index (χ4v) is 2.86. The molecule has 0 saturated carbocycles. The van der Waals surface area contributed by atoms with Gasteiger partial charge in [0.25, 0.3) is 11.1 Å². The van der Waals surface area contributed by atoms with Gasteiger partial charge in [-0.2, -0.15) is 0 Å². The Hall–Kier alpha value is -1.60. The summed E-state index contributed by atoms with van der Waals surface area (Å²) in [7, 11) is 0. The molecule has 0 radical (unpaired) electrons. The number of imide groups is 1. The Balaban J connectivity index is 2.21. The van der Waals surface area contributed by atoms with Gasteiger partial charge in [0, 0.05) is 4.88 Å². The quantitative estimate of drug-likeness (QED) is 0.837. The monoisotopic (exact) mass is 268 g/mol. The molecule has 5 nitrogen and oxygen atoms in total. The molecule has 1 fully saturated rings. The number of thiophene rings is 1. The lowest BCUT2D eigenvalue weighted by Crippen LogP contribution is -2.36. The molecule has 0 unspecified atom stereocenters. The lowest BCUT2D eigenvalue weighted by atomic mass is 10.3. The van der Waals surface area contributed by atoms with Crippen LogP contribution in [0.3, 0.4) is 0 Å². The van der Waals surface area contributed by atoms with Crippen molar-refractivity contribution in [1.82, 2.24) is 4.90 Å². The van der Waals surface area contributed by atoms with Crippen LogP contribution in [0.15, 0.2) is 22.4 Å². The van der Waals surface area contributed by atoms with Crippen LogP contribution in [0.1, 0.15) is 4.88 Å². The number of carbonyl (C=O) groups excluding carboxylic acids is 3. The van der Waals surface area contributed by atoms with Gasteiger partial charge in [0.2, 0.25) is 5.91 Å². The molecule has 1 aliphatic heterocycles. The zero-order valence-corrected chi connectivity index (χ0v) is 10.2. The van der Waals surface area contributed by atoms with Crippen molar-refractivity contribution in [3.05, 3.63) is 27.3 Å². The molecular formula is C10H8N2O3S2. The molecule has 2 heterocycles. The van der Waals surface area contributed by atoms with Crippen molar-refractivity contribution in [3.8, 4) is 0 Å². The zero-order chi connectivity index (χ0) is 12.4. The fraction of sp³-hybridized carbons (Fsp3) is 0.100. The molecule has 0 aromatic carbocycles. The maximum absolute atomic E-state index is 11.8. The van der Waals surface area contributed by atoms with E-state index in [0.29, 0.717) is 4.91 Å². The first-order chi connectivity index (χ1) is 8.08. The predicted octanol–water partition coefficient (Wildman–Crippen LogP) is 1.27. The van der Waals surface area contributed by atoms with E-state index in [4.69, 9.17) is 5.73 Å². The minimum Gasteiger partial charge on any atom is -0.368 e. The summed E-state index contributed by atoms with van der Waals surface area (Å²) >= 11 is 2.28. The fourth-order valence-electron chi connectivity index (χ4n) is 1.29. The van der Waals surface area contributed by atoms with Gasteiger partial charge in [-0.05, 0) is 29.3 Å². The number of primary amides is 1. The van der Waals surface area contributed by atoms with Crippen LogP contribution in [0.5, 0.6) is 0 Å². The molecule has 1 aromatic heterocycles. The molecule has 2 rings (SSSR count). The van der Waals surface area contributed by atoms with Gasteiger partial charge in [0.1, 0.15) is 6.54 Å². The number of hydrogen-bond acceptors (Lipinski definition) is 5. The summed E-state index contributed by atoms with van der Waals surface area (Å²) in [6.07, 6.45) is 1.64. The lowest BCUT2D eigenvalue weighted by Gasteiger charge is -2.08. The maximum Gasteiger partial charge on any atom is 0.294 e. The molecule has 17 heavy (non-hydrogen) atoms. The zero-order valence-electron chi connectivity index (χ0n) is 8.58. The number of amides is 3. The van der Waals surface area contributed by atoms with E-state index in [9.17, 15) is 14.4 Å².